The lowest BCUT2D eigenvalue weighted by molar-refractivity contribution is -0.0146. The fraction of sp³-hybridized carbons (Fsp3) is 0.583. The van der Waals surface area contributed by atoms with Crippen LogP contribution in [0.5, 0.6) is 0 Å². The van der Waals surface area contributed by atoms with Crippen LogP contribution in [-0.4, -0.2) is 43.0 Å². The Balaban J connectivity index is 2.04. The minimum absolute atomic E-state index is 0.135. The quantitative estimate of drug-likeness (QED) is 0.755. The van der Waals surface area contributed by atoms with Gasteiger partial charge in [0, 0.05) is 18.0 Å². The summed E-state index contributed by atoms with van der Waals surface area (Å²) in [7, 11) is 0. The molecule has 1 aliphatic heterocycles. The van der Waals surface area contributed by atoms with Crippen LogP contribution >= 0.6 is 11.3 Å². The number of rotatable bonds is 3. The molecular formula is C12H17NO2S. The molecule has 0 aromatic carbocycles. The van der Waals surface area contributed by atoms with Crippen LogP contribution < -0.4 is 0 Å². The van der Waals surface area contributed by atoms with Gasteiger partial charge in [0.1, 0.15) is 6.10 Å². The summed E-state index contributed by atoms with van der Waals surface area (Å²) < 4.78 is 5.55. The van der Waals surface area contributed by atoms with Crippen LogP contribution in [0.3, 0.4) is 0 Å². The van der Waals surface area contributed by atoms with Gasteiger partial charge in [-0.05, 0) is 25.6 Å². The molecule has 1 fully saturated rings. The van der Waals surface area contributed by atoms with E-state index in [1.165, 1.54) is 4.88 Å². The van der Waals surface area contributed by atoms with E-state index >= 15 is 0 Å². The van der Waals surface area contributed by atoms with E-state index in [0.29, 0.717) is 6.61 Å². The third kappa shape index (κ3) is 2.51. The Labute approximate surface area is 100 Å². The molecule has 0 amide bonds. The molecule has 1 aliphatic rings. The highest BCUT2D eigenvalue weighted by Crippen LogP contribution is 2.19. The molecule has 1 aromatic heterocycles. The van der Waals surface area contributed by atoms with E-state index in [1.54, 1.807) is 11.3 Å². The highest BCUT2D eigenvalue weighted by molar-refractivity contribution is 7.14. The molecule has 0 saturated carbocycles. The number of likely N-dealkylation sites (N-methyl/N-ethyl adjacent to an activating group) is 1. The standard InChI is InChI=1S/C12H17NO2S/c1-3-13-6-7-15-10(8-13)12(14)11-5-4-9(2)16-11/h4-5,10H,3,6-8H2,1-2H3. The van der Waals surface area contributed by atoms with Crippen LogP contribution in [0.4, 0.5) is 0 Å². The van der Waals surface area contributed by atoms with Gasteiger partial charge in [0.05, 0.1) is 11.5 Å². The second-order valence-corrected chi connectivity index (χ2v) is 5.32. The van der Waals surface area contributed by atoms with Crippen molar-refractivity contribution in [1.82, 2.24) is 4.90 Å². The molecule has 0 bridgehead atoms. The fourth-order valence-electron chi connectivity index (χ4n) is 1.87. The van der Waals surface area contributed by atoms with Gasteiger partial charge >= 0.3 is 0 Å². The number of thiophene rings is 1. The Morgan fingerprint density at radius 2 is 2.44 bits per heavy atom. The summed E-state index contributed by atoms with van der Waals surface area (Å²) in [4.78, 5) is 16.4. The lowest BCUT2D eigenvalue weighted by Crippen LogP contribution is -2.45. The number of ketones is 1. The number of aryl methyl sites for hydroxylation is 1. The summed E-state index contributed by atoms with van der Waals surface area (Å²) >= 11 is 1.55. The zero-order valence-electron chi connectivity index (χ0n) is 9.73. The third-order valence-corrected chi connectivity index (χ3v) is 3.89. The molecule has 3 nitrogen and oxygen atoms in total. The summed E-state index contributed by atoms with van der Waals surface area (Å²) in [6.45, 7) is 7.44. The largest absolute Gasteiger partial charge is 0.367 e. The second-order valence-electron chi connectivity index (χ2n) is 4.03. The number of nitrogens with zero attached hydrogens (tertiary/aromatic N) is 1. The molecule has 88 valence electrons. The normalized spacial score (nSPS) is 22.2. The van der Waals surface area contributed by atoms with Crippen molar-refractivity contribution in [3.8, 4) is 0 Å². The summed E-state index contributed by atoms with van der Waals surface area (Å²) in [6.07, 6.45) is -0.272. The zero-order valence-corrected chi connectivity index (χ0v) is 10.5. The van der Waals surface area contributed by atoms with Gasteiger partial charge in [0.2, 0.25) is 5.78 Å². The van der Waals surface area contributed by atoms with E-state index in [1.807, 2.05) is 19.1 Å². The minimum atomic E-state index is -0.272. The van der Waals surface area contributed by atoms with Crippen LogP contribution in [0.15, 0.2) is 12.1 Å². The van der Waals surface area contributed by atoms with E-state index < -0.39 is 0 Å². The van der Waals surface area contributed by atoms with Crippen molar-refractivity contribution in [2.75, 3.05) is 26.2 Å². The monoisotopic (exact) mass is 239 g/mol. The molecule has 0 spiro atoms. The first-order valence-electron chi connectivity index (χ1n) is 5.65. The number of hydrogen-bond acceptors (Lipinski definition) is 4. The van der Waals surface area contributed by atoms with E-state index in [9.17, 15) is 4.79 Å². The lowest BCUT2D eigenvalue weighted by atomic mass is 10.1. The highest BCUT2D eigenvalue weighted by atomic mass is 32.1. The molecule has 1 unspecified atom stereocenters. The van der Waals surface area contributed by atoms with E-state index in [4.69, 9.17) is 4.74 Å². The van der Waals surface area contributed by atoms with Gasteiger partial charge in [0.15, 0.2) is 0 Å². The average molecular weight is 239 g/mol. The van der Waals surface area contributed by atoms with Crippen LogP contribution in [0.2, 0.25) is 0 Å². The molecule has 0 radical (unpaired) electrons. The number of hydrogen-bond donors (Lipinski definition) is 0. The Morgan fingerprint density at radius 1 is 1.62 bits per heavy atom. The summed E-state index contributed by atoms with van der Waals surface area (Å²) in [5.41, 5.74) is 0. The maximum Gasteiger partial charge on any atom is 0.202 e. The van der Waals surface area contributed by atoms with Crippen molar-refractivity contribution in [3.63, 3.8) is 0 Å². The van der Waals surface area contributed by atoms with Crippen molar-refractivity contribution >= 4 is 17.1 Å². The Morgan fingerprint density at radius 3 is 3.06 bits per heavy atom. The molecule has 1 aromatic rings. The predicted octanol–water partition coefficient (Wildman–Crippen LogP) is 1.96. The highest BCUT2D eigenvalue weighted by Gasteiger charge is 2.27. The Bertz CT molecular complexity index is 375. The maximum absolute atomic E-state index is 12.1. The van der Waals surface area contributed by atoms with Gasteiger partial charge < -0.3 is 4.74 Å². The minimum Gasteiger partial charge on any atom is -0.367 e. The fourth-order valence-corrected chi connectivity index (χ4v) is 2.73. The van der Waals surface area contributed by atoms with Gasteiger partial charge in [-0.25, -0.2) is 0 Å². The van der Waals surface area contributed by atoms with Gasteiger partial charge in [-0.1, -0.05) is 6.92 Å². The van der Waals surface area contributed by atoms with Crippen LogP contribution in [-0.2, 0) is 4.74 Å². The third-order valence-electron chi connectivity index (χ3n) is 2.87. The molecule has 2 rings (SSSR count). The van der Waals surface area contributed by atoms with E-state index in [-0.39, 0.29) is 11.9 Å². The van der Waals surface area contributed by atoms with Gasteiger partial charge in [0.25, 0.3) is 0 Å². The van der Waals surface area contributed by atoms with Crippen molar-refractivity contribution in [2.24, 2.45) is 0 Å². The maximum atomic E-state index is 12.1. The average Bonchev–Trinajstić information content (AvgIpc) is 2.75. The first kappa shape index (κ1) is 11.8. The number of morpholine rings is 1. The number of carbonyl (C=O) groups excluding carboxylic acids is 1. The molecule has 16 heavy (non-hydrogen) atoms. The topological polar surface area (TPSA) is 29.5 Å². The number of carbonyl (C=O) groups is 1. The SMILES string of the molecule is CCN1CCOC(C(=O)c2ccc(C)s2)C1. The number of ether oxygens (including phenoxy) is 1. The van der Waals surface area contributed by atoms with Gasteiger partial charge in [-0.2, -0.15) is 0 Å². The Hall–Kier alpha value is -0.710. The molecule has 0 aliphatic carbocycles. The summed E-state index contributed by atoms with van der Waals surface area (Å²) in [6, 6.07) is 3.88. The smallest absolute Gasteiger partial charge is 0.202 e. The second kappa shape index (κ2) is 5.08. The number of Topliss-reactive ketones (excluding diaryl/α,β-unsaturated/α-hetero) is 1. The van der Waals surface area contributed by atoms with Gasteiger partial charge in [-0.15, -0.1) is 11.3 Å². The van der Waals surface area contributed by atoms with E-state index in [0.717, 1.165) is 24.5 Å². The molecule has 2 heterocycles. The van der Waals surface area contributed by atoms with Crippen LogP contribution in [0, 0.1) is 6.92 Å². The van der Waals surface area contributed by atoms with Crippen molar-refractivity contribution in [3.05, 3.63) is 21.9 Å². The molecule has 0 N–H and O–H groups in total. The van der Waals surface area contributed by atoms with Gasteiger partial charge in [-0.3, -0.25) is 9.69 Å². The Kier molecular flexibility index (Phi) is 3.74. The zero-order chi connectivity index (χ0) is 11.5. The molecule has 4 heteroatoms. The molecular weight excluding hydrogens is 222 g/mol. The summed E-state index contributed by atoms with van der Waals surface area (Å²) in [5, 5.41) is 0. The van der Waals surface area contributed by atoms with E-state index in [2.05, 4.69) is 11.8 Å². The summed E-state index contributed by atoms with van der Waals surface area (Å²) in [5.74, 6) is 0.135. The van der Waals surface area contributed by atoms with Crippen LogP contribution in [0.25, 0.3) is 0 Å². The lowest BCUT2D eigenvalue weighted by Gasteiger charge is -2.30. The molecule has 1 saturated heterocycles. The van der Waals surface area contributed by atoms with Crippen LogP contribution in [0.1, 0.15) is 21.5 Å². The first-order valence-corrected chi connectivity index (χ1v) is 6.47. The molecule has 1 atom stereocenters. The first-order chi connectivity index (χ1) is 7.70. The van der Waals surface area contributed by atoms with Crippen molar-refractivity contribution in [1.29, 1.82) is 0 Å². The predicted molar refractivity (Wildman–Crippen MR) is 65.2 cm³/mol. The van der Waals surface area contributed by atoms with Crippen molar-refractivity contribution < 1.29 is 9.53 Å². The van der Waals surface area contributed by atoms with Crippen molar-refractivity contribution in [2.45, 2.75) is 20.0 Å².